The maximum atomic E-state index is 13.9. The van der Waals surface area contributed by atoms with Crippen molar-refractivity contribution in [2.45, 2.75) is 19.9 Å². The Morgan fingerprint density at radius 3 is 2.85 bits per heavy atom. The number of hydrogen-bond donors (Lipinski definition) is 1. The van der Waals surface area contributed by atoms with E-state index < -0.39 is 0 Å². The number of pyridine rings is 1. The Morgan fingerprint density at radius 2 is 2.10 bits per heavy atom. The first-order valence-corrected chi connectivity index (χ1v) is 6.80. The first-order chi connectivity index (χ1) is 9.58. The van der Waals surface area contributed by atoms with Gasteiger partial charge < -0.3 is 4.98 Å². The highest BCUT2D eigenvalue weighted by Crippen LogP contribution is 2.25. The maximum absolute atomic E-state index is 13.9. The van der Waals surface area contributed by atoms with Gasteiger partial charge in [-0.25, -0.2) is 9.37 Å². The Balaban J connectivity index is 2.22. The molecule has 1 atom stereocenters. The summed E-state index contributed by atoms with van der Waals surface area (Å²) in [4.78, 5) is 7.55. The van der Waals surface area contributed by atoms with E-state index in [1.54, 1.807) is 18.3 Å². The first kappa shape index (κ1) is 13.0. The van der Waals surface area contributed by atoms with E-state index >= 15 is 0 Å². The van der Waals surface area contributed by atoms with Crippen molar-refractivity contribution in [3.8, 4) is 0 Å². The average Bonchev–Trinajstić information content (AvgIpc) is 2.73. The van der Waals surface area contributed by atoms with E-state index in [9.17, 15) is 4.39 Å². The molecule has 3 aromatic rings. The lowest BCUT2D eigenvalue weighted by Crippen LogP contribution is -2.09. The minimum Gasteiger partial charge on any atom is -0.329 e. The number of hydrogen-bond acceptors (Lipinski definition) is 2. The van der Waals surface area contributed by atoms with Gasteiger partial charge in [0.1, 0.15) is 5.82 Å². The van der Waals surface area contributed by atoms with Crippen molar-refractivity contribution >= 4 is 23.4 Å². The van der Waals surface area contributed by atoms with E-state index in [0.717, 1.165) is 16.7 Å². The summed E-state index contributed by atoms with van der Waals surface area (Å²) in [5.41, 5.74) is 3.28. The van der Waals surface area contributed by atoms with Crippen molar-refractivity contribution in [2.24, 2.45) is 0 Å². The largest absolute Gasteiger partial charge is 0.329 e. The van der Waals surface area contributed by atoms with Crippen LogP contribution in [0.2, 0.25) is 0 Å². The molecule has 0 fully saturated rings. The molecule has 2 aromatic heterocycles. The average molecular weight is 287 g/mol. The number of imidazole rings is 1. The molecule has 0 saturated carbocycles. The molecule has 0 saturated heterocycles. The highest BCUT2D eigenvalue weighted by atomic mass is 32.1. The molecule has 0 bridgehead atoms. The monoisotopic (exact) mass is 287 g/mol. The summed E-state index contributed by atoms with van der Waals surface area (Å²) in [6, 6.07) is 8.51. The lowest BCUT2D eigenvalue weighted by atomic mass is 10.1. The Labute approximate surface area is 121 Å². The zero-order chi connectivity index (χ0) is 14.3. The fourth-order valence-electron chi connectivity index (χ4n) is 2.43. The van der Waals surface area contributed by atoms with Gasteiger partial charge in [0.05, 0.1) is 11.6 Å². The summed E-state index contributed by atoms with van der Waals surface area (Å²) in [7, 11) is 0. The van der Waals surface area contributed by atoms with Gasteiger partial charge >= 0.3 is 0 Å². The van der Waals surface area contributed by atoms with Crippen molar-refractivity contribution in [3.05, 3.63) is 58.2 Å². The van der Waals surface area contributed by atoms with Crippen LogP contribution >= 0.6 is 12.2 Å². The summed E-state index contributed by atoms with van der Waals surface area (Å²) in [6.07, 6.45) is 1.79. The van der Waals surface area contributed by atoms with Crippen LogP contribution in [0.3, 0.4) is 0 Å². The van der Waals surface area contributed by atoms with Gasteiger partial charge in [-0.15, -0.1) is 0 Å². The van der Waals surface area contributed by atoms with Crippen molar-refractivity contribution in [1.29, 1.82) is 0 Å². The topological polar surface area (TPSA) is 33.6 Å². The Kier molecular flexibility index (Phi) is 3.14. The summed E-state index contributed by atoms with van der Waals surface area (Å²) in [6.45, 7) is 3.89. The van der Waals surface area contributed by atoms with Crippen LogP contribution < -0.4 is 0 Å². The standard InChI is InChI=1S/C15H14FN3S/c1-9-7-13-14(17-8-9)19(15(20)18-13)10(2)11-5-3-4-6-12(11)16/h3-8,10H,1-2H3,(H,18,20). The van der Waals surface area contributed by atoms with Gasteiger partial charge in [0.25, 0.3) is 0 Å². The molecular formula is C15H14FN3S. The van der Waals surface area contributed by atoms with Gasteiger partial charge in [-0.2, -0.15) is 0 Å². The normalized spacial score (nSPS) is 12.8. The fourth-order valence-corrected chi connectivity index (χ4v) is 2.78. The number of aromatic amines is 1. The maximum Gasteiger partial charge on any atom is 0.179 e. The quantitative estimate of drug-likeness (QED) is 0.718. The molecule has 102 valence electrons. The second kappa shape index (κ2) is 4.83. The van der Waals surface area contributed by atoms with E-state index in [-0.39, 0.29) is 11.9 Å². The van der Waals surface area contributed by atoms with E-state index in [1.807, 2.05) is 30.5 Å². The number of nitrogens with zero attached hydrogens (tertiary/aromatic N) is 2. The molecule has 20 heavy (non-hydrogen) atoms. The molecule has 2 heterocycles. The van der Waals surface area contributed by atoms with Gasteiger partial charge in [0.15, 0.2) is 10.4 Å². The first-order valence-electron chi connectivity index (χ1n) is 6.39. The van der Waals surface area contributed by atoms with Crippen LogP contribution in [0.4, 0.5) is 4.39 Å². The third-order valence-corrected chi connectivity index (χ3v) is 3.73. The molecular weight excluding hydrogens is 273 g/mol. The van der Waals surface area contributed by atoms with Crippen LogP contribution in [-0.2, 0) is 0 Å². The van der Waals surface area contributed by atoms with Crippen molar-refractivity contribution in [1.82, 2.24) is 14.5 Å². The number of halogens is 1. The van der Waals surface area contributed by atoms with Crippen molar-refractivity contribution in [3.63, 3.8) is 0 Å². The van der Waals surface area contributed by atoms with Crippen LogP contribution in [-0.4, -0.2) is 14.5 Å². The SMILES string of the molecule is Cc1cnc2c(c1)[nH]c(=S)n2C(C)c1ccccc1F. The summed E-state index contributed by atoms with van der Waals surface area (Å²) < 4.78 is 16.3. The predicted molar refractivity (Wildman–Crippen MR) is 79.9 cm³/mol. The molecule has 0 radical (unpaired) electrons. The highest BCUT2D eigenvalue weighted by Gasteiger charge is 2.16. The van der Waals surface area contributed by atoms with Crippen LogP contribution in [0, 0.1) is 17.5 Å². The smallest absolute Gasteiger partial charge is 0.179 e. The van der Waals surface area contributed by atoms with Gasteiger partial charge in [-0.3, -0.25) is 4.57 Å². The summed E-state index contributed by atoms with van der Waals surface area (Å²) >= 11 is 5.36. The molecule has 1 N–H and O–H groups in total. The number of fused-ring (bicyclic) bond motifs is 1. The third kappa shape index (κ3) is 2.04. The molecule has 1 aromatic carbocycles. The number of H-pyrrole nitrogens is 1. The van der Waals surface area contributed by atoms with E-state index in [0.29, 0.717) is 10.3 Å². The second-order valence-electron chi connectivity index (χ2n) is 4.88. The summed E-state index contributed by atoms with van der Waals surface area (Å²) in [5, 5.41) is 0. The zero-order valence-electron chi connectivity index (χ0n) is 11.2. The van der Waals surface area contributed by atoms with Crippen molar-refractivity contribution in [2.75, 3.05) is 0 Å². The molecule has 3 nitrogen and oxygen atoms in total. The molecule has 1 unspecified atom stereocenters. The van der Waals surface area contributed by atoms with Gasteiger partial charge in [0.2, 0.25) is 0 Å². The number of aromatic nitrogens is 3. The highest BCUT2D eigenvalue weighted by molar-refractivity contribution is 7.71. The number of aryl methyl sites for hydroxylation is 1. The molecule has 3 rings (SSSR count). The van der Waals surface area contributed by atoms with Gasteiger partial charge in [0, 0.05) is 11.8 Å². The third-order valence-electron chi connectivity index (χ3n) is 3.43. The molecule has 0 amide bonds. The zero-order valence-corrected chi connectivity index (χ0v) is 12.0. The van der Waals surface area contributed by atoms with Crippen LogP contribution in [0.15, 0.2) is 36.5 Å². The van der Waals surface area contributed by atoms with Gasteiger partial charge in [-0.1, -0.05) is 18.2 Å². The Hall–Kier alpha value is -2.01. The molecule has 0 aliphatic rings. The van der Waals surface area contributed by atoms with Crippen LogP contribution in [0.25, 0.3) is 11.2 Å². The number of rotatable bonds is 2. The fraction of sp³-hybridized carbons (Fsp3) is 0.200. The molecule has 5 heteroatoms. The number of benzene rings is 1. The lowest BCUT2D eigenvalue weighted by molar-refractivity contribution is 0.559. The second-order valence-corrected chi connectivity index (χ2v) is 5.27. The van der Waals surface area contributed by atoms with Crippen LogP contribution in [0.1, 0.15) is 24.1 Å². The predicted octanol–water partition coefficient (Wildman–Crippen LogP) is 4.15. The molecule has 0 aliphatic carbocycles. The molecule has 0 spiro atoms. The summed E-state index contributed by atoms with van der Waals surface area (Å²) in [5.74, 6) is -0.233. The minimum atomic E-state index is -0.233. The van der Waals surface area contributed by atoms with E-state index in [2.05, 4.69) is 9.97 Å². The molecule has 0 aliphatic heterocycles. The Morgan fingerprint density at radius 1 is 1.35 bits per heavy atom. The Bertz CT molecular complexity index is 834. The minimum absolute atomic E-state index is 0.215. The lowest BCUT2D eigenvalue weighted by Gasteiger charge is -2.15. The van der Waals surface area contributed by atoms with E-state index in [4.69, 9.17) is 12.2 Å². The van der Waals surface area contributed by atoms with Crippen LogP contribution in [0.5, 0.6) is 0 Å². The van der Waals surface area contributed by atoms with E-state index in [1.165, 1.54) is 6.07 Å². The van der Waals surface area contributed by atoms with Crippen molar-refractivity contribution < 1.29 is 4.39 Å². The van der Waals surface area contributed by atoms with Gasteiger partial charge in [-0.05, 0) is 43.8 Å². The number of nitrogens with one attached hydrogen (secondary N) is 1.